The van der Waals surface area contributed by atoms with E-state index in [1.54, 1.807) is 6.92 Å². The van der Waals surface area contributed by atoms with E-state index in [0.29, 0.717) is 6.54 Å². The number of hydrogen-bond acceptors (Lipinski definition) is 3. The molecule has 6 heteroatoms. The van der Waals surface area contributed by atoms with Gasteiger partial charge in [-0.2, -0.15) is 0 Å². The van der Waals surface area contributed by atoms with Gasteiger partial charge >= 0.3 is 0 Å². The molecule has 0 aromatic heterocycles. The maximum atomic E-state index is 13.1. The van der Waals surface area contributed by atoms with Crippen LogP contribution < -0.4 is 0 Å². The number of sulfonamides is 1. The van der Waals surface area contributed by atoms with E-state index >= 15 is 0 Å². The minimum absolute atomic E-state index is 0.0118. The number of benzene rings is 1. The Hall–Kier alpha value is -0.980. The molecule has 0 aliphatic rings. The smallest absolute Gasteiger partial charge is 0.242 e. The Kier molecular flexibility index (Phi) is 4.01. The molecule has 1 N–H and O–H groups in total. The molecule has 1 aromatic rings. The molecule has 0 saturated carbocycles. The van der Waals surface area contributed by atoms with Crippen molar-refractivity contribution < 1.29 is 17.9 Å². The van der Waals surface area contributed by atoms with Crippen LogP contribution in [0.1, 0.15) is 12.5 Å². The highest BCUT2D eigenvalue weighted by atomic mass is 32.2. The molecule has 0 atom stereocenters. The van der Waals surface area contributed by atoms with Crippen molar-refractivity contribution in [1.82, 2.24) is 4.31 Å². The van der Waals surface area contributed by atoms with E-state index in [0.717, 1.165) is 16.4 Å². The van der Waals surface area contributed by atoms with Crippen molar-refractivity contribution in [3.05, 3.63) is 29.6 Å². The Morgan fingerprint density at radius 2 is 2.06 bits per heavy atom. The van der Waals surface area contributed by atoms with E-state index in [4.69, 9.17) is 5.11 Å². The van der Waals surface area contributed by atoms with E-state index in [2.05, 4.69) is 0 Å². The van der Waals surface area contributed by atoms with Crippen LogP contribution in [0.25, 0.3) is 0 Å². The summed E-state index contributed by atoms with van der Waals surface area (Å²) < 4.78 is 38.0. The maximum Gasteiger partial charge on any atom is 0.242 e. The highest BCUT2D eigenvalue weighted by Gasteiger charge is 2.20. The zero-order chi connectivity index (χ0) is 12.3. The molecule has 0 bridgehead atoms. The largest absolute Gasteiger partial charge is 0.392 e. The van der Waals surface area contributed by atoms with E-state index in [1.165, 1.54) is 13.1 Å². The van der Waals surface area contributed by atoms with Gasteiger partial charge in [0.15, 0.2) is 0 Å². The number of rotatable bonds is 4. The standard InChI is InChI=1S/C10H14FNO3S/c1-3-12(2)16(14,15)9-4-5-10(11)8(6-9)7-13/h4-6,13H,3,7H2,1-2H3. The molecule has 0 unspecified atom stereocenters. The fraction of sp³-hybridized carbons (Fsp3) is 0.400. The predicted molar refractivity (Wildman–Crippen MR) is 57.8 cm³/mol. The zero-order valence-electron chi connectivity index (χ0n) is 9.14. The molecule has 1 aromatic carbocycles. The van der Waals surface area contributed by atoms with Crippen molar-refractivity contribution in [3.63, 3.8) is 0 Å². The lowest BCUT2D eigenvalue weighted by Gasteiger charge is -2.15. The van der Waals surface area contributed by atoms with Crippen molar-refractivity contribution in [1.29, 1.82) is 0 Å². The fourth-order valence-corrected chi connectivity index (χ4v) is 2.41. The first-order chi connectivity index (χ1) is 7.43. The Morgan fingerprint density at radius 3 is 2.56 bits per heavy atom. The van der Waals surface area contributed by atoms with Gasteiger partial charge in [-0.05, 0) is 18.2 Å². The minimum atomic E-state index is -3.58. The summed E-state index contributed by atoms with van der Waals surface area (Å²) >= 11 is 0. The van der Waals surface area contributed by atoms with Gasteiger partial charge in [-0.1, -0.05) is 6.92 Å². The summed E-state index contributed by atoms with van der Waals surface area (Å²) in [6, 6.07) is 3.38. The Balaban J connectivity index is 3.24. The highest BCUT2D eigenvalue weighted by molar-refractivity contribution is 7.89. The lowest BCUT2D eigenvalue weighted by molar-refractivity contribution is 0.275. The Morgan fingerprint density at radius 1 is 1.44 bits per heavy atom. The average Bonchev–Trinajstić information content (AvgIpc) is 2.28. The summed E-state index contributed by atoms with van der Waals surface area (Å²) in [6.45, 7) is 1.51. The molecular weight excluding hydrogens is 233 g/mol. The van der Waals surface area contributed by atoms with E-state index in [-0.39, 0.29) is 10.5 Å². The van der Waals surface area contributed by atoms with E-state index in [9.17, 15) is 12.8 Å². The van der Waals surface area contributed by atoms with Crippen molar-refractivity contribution in [2.75, 3.05) is 13.6 Å². The van der Waals surface area contributed by atoms with Crippen molar-refractivity contribution >= 4 is 10.0 Å². The van der Waals surface area contributed by atoms with Gasteiger partial charge < -0.3 is 5.11 Å². The summed E-state index contributed by atoms with van der Waals surface area (Å²) in [6.07, 6.45) is 0. The second-order valence-corrected chi connectivity index (χ2v) is 5.38. The molecular formula is C10H14FNO3S. The van der Waals surface area contributed by atoms with Crippen LogP contribution >= 0.6 is 0 Å². The highest BCUT2D eigenvalue weighted by Crippen LogP contribution is 2.18. The van der Waals surface area contributed by atoms with Crippen LogP contribution in [0.15, 0.2) is 23.1 Å². The van der Waals surface area contributed by atoms with Crippen LogP contribution in [-0.2, 0) is 16.6 Å². The summed E-state index contributed by atoms with van der Waals surface area (Å²) in [5, 5.41) is 8.86. The molecule has 0 spiro atoms. The third kappa shape index (κ3) is 2.40. The van der Waals surface area contributed by atoms with Crippen molar-refractivity contribution in [3.8, 4) is 0 Å². The minimum Gasteiger partial charge on any atom is -0.392 e. The van der Waals surface area contributed by atoms with Gasteiger partial charge in [0.05, 0.1) is 11.5 Å². The van der Waals surface area contributed by atoms with Gasteiger partial charge in [-0.25, -0.2) is 17.1 Å². The monoisotopic (exact) mass is 247 g/mol. The van der Waals surface area contributed by atoms with E-state index < -0.39 is 22.4 Å². The second kappa shape index (κ2) is 4.90. The van der Waals surface area contributed by atoms with Crippen LogP contribution in [0, 0.1) is 5.82 Å². The number of aliphatic hydroxyl groups excluding tert-OH is 1. The number of halogens is 1. The topological polar surface area (TPSA) is 57.6 Å². The van der Waals surface area contributed by atoms with Gasteiger partial charge in [0.1, 0.15) is 5.82 Å². The number of hydrogen-bond donors (Lipinski definition) is 1. The van der Waals surface area contributed by atoms with Crippen LogP contribution in [-0.4, -0.2) is 31.4 Å². The average molecular weight is 247 g/mol. The quantitative estimate of drug-likeness (QED) is 0.862. The molecule has 1 rings (SSSR count). The molecule has 0 aliphatic carbocycles. The molecule has 0 fully saturated rings. The van der Waals surface area contributed by atoms with Crippen molar-refractivity contribution in [2.24, 2.45) is 0 Å². The summed E-state index contributed by atoms with van der Waals surface area (Å²) in [7, 11) is -2.14. The SMILES string of the molecule is CCN(C)S(=O)(=O)c1ccc(F)c(CO)c1. The fourth-order valence-electron chi connectivity index (χ4n) is 1.18. The van der Waals surface area contributed by atoms with Gasteiger partial charge in [0.2, 0.25) is 10.0 Å². The van der Waals surface area contributed by atoms with Gasteiger partial charge in [-0.3, -0.25) is 0 Å². The number of aliphatic hydroxyl groups is 1. The lowest BCUT2D eigenvalue weighted by atomic mass is 10.2. The maximum absolute atomic E-state index is 13.1. The van der Waals surface area contributed by atoms with Crippen LogP contribution in [0.2, 0.25) is 0 Å². The zero-order valence-corrected chi connectivity index (χ0v) is 9.96. The molecule has 0 heterocycles. The Labute approximate surface area is 94.4 Å². The van der Waals surface area contributed by atoms with Crippen LogP contribution in [0.4, 0.5) is 4.39 Å². The van der Waals surface area contributed by atoms with E-state index in [1.807, 2.05) is 0 Å². The first-order valence-corrected chi connectivity index (χ1v) is 6.23. The lowest BCUT2D eigenvalue weighted by Crippen LogP contribution is -2.26. The summed E-state index contributed by atoms with van der Waals surface area (Å²) in [5.74, 6) is -0.611. The second-order valence-electron chi connectivity index (χ2n) is 3.33. The molecule has 0 amide bonds. The normalized spacial score (nSPS) is 12.1. The molecule has 0 aliphatic heterocycles. The Bertz CT molecular complexity index is 473. The third-order valence-electron chi connectivity index (χ3n) is 2.34. The van der Waals surface area contributed by atoms with Gasteiger partial charge in [0.25, 0.3) is 0 Å². The van der Waals surface area contributed by atoms with Gasteiger partial charge in [0, 0.05) is 19.2 Å². The first-order valence-electron chi connectivity index (χ1n) is 4.79. The van der Waals surface area contributed by atoms with Gasteiger partial charge in [-0.15, -0.1) is 0 Å². The van der Waals surface area contributed by atoms with Crippen LogP contribution in [0.3, 0.4) is 0 Å². The number of nitrogens with zero attached hydrogens (tertiary/aromatic N) is 1. The third-order valence-corrected chi connectivity index (χ3v) is 4.27. The van der Waals surface area contributed by atoms with Crippen LogP contribution in [0.5, 0.6) is 0 Å². The molecule has 0 radical (unpaired) electrons. The van der Waals surface area contributed by atoms with Crippen molar-refractivity contribution in [2.45, 2.75) is 18.4 Å². The predicted octanol–water partition coefficient (Wildman–Crippen LogP) is 0.958. The summed E-state index contributed by atoms with van der Waals surface area (Å²) in [4.78, 5) is -0.0118. The first kappa shape index (κ1) is 13.1. The molecule has 4 nitrogen and oxygen atoms in total. The molecule has 16 heavy (non-hydrogen) atoms. The molecule has 0 saturated heterocycles. The molecule has 90 valence electrons. The summed E-state index contributed by atoms with van der Waals surface area (Å²) in [5.41, 5.74) is -0.0226.